The summed E-state index contributed by atoms with van der Waals surface area (Å²) in [7, 11) is 1.41. The lowest BCUT2D eigenvalue weighted by Gasteiger charge is -2.32. The van der Waals surface area contributed by atoms with E-state index in [1.165, 1.54) is 23.9 Å². The van der Waals surface area contributed by atoms with Crippen molar-refractivity contribution in [2.24, 2.45) is 0 Å². The molecule has 1 unspecified atom stereocenters. The summed E-state index contributed by atoms with van der Waals surface area (Å²) in [5.41, 5.74) is 8.08. The zero-order valence-corrected chi connectivity index (χ0v) is 17.9. The fourth-order valence-corrected chi connectivity index (χ4v) is 3.85. The zero-order valence-electron chi connectivity index (χ0n) is 17.9. The standard InChI is InChI=1S/C23H24F3N5O2/c1-33-19-7-6-16(24)10-17(19)22(32)29-12-14-2-4-15(5-3-14)18-11-21(27)31(30-18)20-8-9-28-13-23(20,25)26/h2-7,10-11,20,28H,8-9,12-13,27H2,1H3,(H,29,32). The molecule has 1 aliphatic heterocycles. The molecule has 0 saturated carbocycles. The molecule has 1 aromatic heterocycles. The van der Waals surface area contributed by atoms with Gasteiger partial charge in [0.2, 0.25) is 0 Å². The molecular formula is C23H24F3N5O2. The summed E-state index contributed by atoms with van der Waals surface area (Å²) >= 11 is 0. The van der Waals surface area contributed by atoms with E-state index in [9.17, 15) is 18.0 Å². The minimum absolute atomic E-state index is 0.102. The van der Waals surface area contributed by atoms with Crippen molar-refractivity contribution in [3.05, 3.63) is 65.5 Å². The second-order valence-corrected chi connectivity index (χ2v) is 7.87. The predicted octanol–water partition coefficient (Wildman–Crippen LogP) is 3.38. The Balaban J connectivity index is 1.45. The van der Waals surface area contributed by atoms with Gasteiger partial charge in [-0.05, 0) is 36.7 Å². The van der Waals surface area contributed by atoms with Gasteiger partial charge < -0.3 is 21.1 Å². The van der Waals surface area contributed by atoms with Gasteiger partial charge in [-0.15, -0.1) is 0 Å². The van der Waals surface area contributed by atoms with Crippen LogP contribution in [0.25, 0.3) is 11.3 Å². The number of benzene rings is 2. The largest absolute Gasteiger partial charge is 0.496 e. The maximum atomic E-state index is 14.3. The molecule has 0 radical (unpaired) electrons. The number of nitrogens with one attached hydrogen (secondary N) is 2. The number of halogens is 3. The number of nitrogen functional groups attached to an aromatic ring is 1. The van der Waals surface area contributed by atoms with Crippen LogP contribution in [-0.4, -0.2) is 41.8 Å². The summed E-state index contributed by atoms with van der Waals surface area (Å²) in [5.74, 6) is -3.49. The first-order valence-corrected chi connectivity index (χ1v) is 10.4. The summed E-state index contributed by atoms with van der Waals surface area (Å²) in [6, 6.07) is 11.3. The van der Waals surface area contributed by atoms with E-state index >= 15 is 0 Å². The van der Waals surface area contributed by atoms with E-state index in [1.807, 2.05) is 0 Å². The van der Waals surface area contributed by atoms with Crippen LogP contribution in [0.15, 0.2) is 48.5 Å². The number of alkyl halides is 2. The third-order valence-corrected chi connectivity index (χ3v) is 5.61. The number of amides is 1. The summed E-state index contributed by atoms with van der Waals surface area (Å²) in [6.07, 6.45) is 0.229. The number of rotatable bonds is 6. The maximum absolute atomic E-state index is 14.3. The van der Waals surface area contributed by atoms with Gasteiger partial charge in [0, 0.05) is 18.2 Å². The van der Waals surface area contributed by atoms with Gasteiger partial charge in [-0.3, -0.25) is 4.79 Å². The SMILES string of the molecule is COc1ccc(F)cc1C(=O)NCc1ccc(-c2cc(N)n(C3CCNCC3(F)F)n2)cc1. The minimum Gasteiger partial charge on any atom is -0.496 e. The van der Waals surface area contributed by atoms with Gasteiger partial charge >= 0.3 is 0 Å². The minimum atomic E-state index is -2.94. The van der Waals surface area contributed by atoms with E-state index in [0.717, 1.165) is 11.6 Å². The van der Waals surface area contributed by atoms with Gasteiger partial charge in [-0.25, -0.2) is 17.9 Å². The molecule has 33 heavy (non-hydrogen) atoms. The van der Waals surface area contributed by atoms with Crippen LogP contribution in [0.1, 0.15) is 28.4 Å². The Kier molecular flexibility index (Phi) is 6.28. The third kappa shape index (κ3) is 4.80. The Morgan fingerprint density at radius 2 is 2.03 bits per heavy atom. The molecule has 2 aromatic carbocycles. The fourth-order valence-electron chi connectivity index (χ4n) is 3.85. The van der Waals surface area contributed by atoms with Crippen molar-refractivity contribution in [2.75, 3.05) is 25.9 Å². The lowest BCUT2D eigenvalue weighted by molar-refractivity contribution is -0.0689. The average molecular weight is 459 g/mol. The first-order chi connectivity index (χ1) is 15.8. The third-order valence-electron chi connectivity index (χ3n) is 5.61. The van der Waals surface area contributed by atoms with Crippen molar-refractivity contribution < 1.29 is 22.7 Å². The van der Waals surface area contributed by atoms with Crippen molar-refractivity contribution in [3.8, 4) is 17.0 Å². The van der Waals surface area contributed by atoms with Gasteiger partial charge in [0.1, 0.15) is 23.4 Å². The average Bonchev–Trinajstić information content (AvgIpc) is 3.18. The quantitative estimate of drug-likeness (QED) is 0.526. The second-order valence-electron chi connectivity index (χ2n) is 7.87. The highest BCUT2D eigenvalue weighted by Gasteiger charge is 2.44. The maximum Gasteiger partial charge on any atom is 0.282 e. The number of hydrogen-bond donors (Lipinski definition) is 3. The van der Waals surface area contributed by atoms with Crippen molar-refractivity contribution in [2.45, 2.75) is 24.9 Å². The lowest BCUT2D eigenvalue weighted by atomic mass is 10.0. The highest BCUT2D eigenvalue weighted by Crippen LogP contribution is 2.36. The Labute approximate surface area is 188 Å². The van der Waals surface area contributed by atoms with Crippen LogP contribution in [-0.2, 0) is 6.54 Å². The Hall–Kier alpha value is -3.53. The first kappa shape index (κ1) is 22.7. The number of aromatic nitrogens is 2. The van der Waals surface area contributed by atoms with E-state index < -0.39 is 30.2 Å². The van der Waals surface area contributed by atoms with Crippen LogP contribution in [0.5, 0.6) is 5.75 Å². The topological polar surface area (TPSA) is 94.2 Å². The molecule has 0 spiro atoms. The van der Waals surface area contributed by atoms with Crippen LogP contribution < -0.4 is 21.1 Å². The second kappa shape index (κ2) is 9.14. The summed E-state index contributed by atoms with van der Waals surface area (Å²) < 4.78 is 48.4. The van der Waals surface area contributed by atoms with Crippen molar-refractivity contribution in [1.82, 2.24) is 20.4 Å². The Morgan fingerprint density at radius 1 is 1.27 bits per heavy atom. The smallest absolute Gasteiger partial charge is 0.282 e. The lowest BCUT2D eigenvalue weighted by Crippen LogP contribution is -2.47. The van der Waals surface area contributed by atoms with Crippen molar-refractivity contribution in [1.29, 1.82) is 0 Å². The molecule has 0 aliphatic carbocycles. The molecule has 4 N–H and O–H groups in total. The molecule has 174 valence electrons. The number of nitrogens with zero attached hydrogens (tertiary/aromatic N) is 2. The number of ether oxygens (including phenoxy) is 1. The highest BCUT2D eigenvalue weighted by molar-refractivity contribution is 5.96. The number of nitrogens with two attached hydrogens (primary N) is 1. The molecule has 0 bridgehead atoms. The van der Waals surface area contributed by atoms with E-state index in [2.05, 4.69) is 15.7 Å². The van der Waals surface area contributed by atoms with Crippen LogP contribution in [0.4, 0.5) is 19.0 Å². The number of methoxy groups -OCH3 is 1. The van der Waals surface area contributed by atoms with E-state index in [-0.39, 0.29) is 30.1 Å². The summed E-state index contributed by atoms with van der Waals surface area (Å²) in [4.78, 5) is 12.4. The number of hydrogen-bond acceptors (Lipinski definition) is 5. The number of carbonyl (C=O) groups is 1. The number of piperidine rings is 1. The molecule has 1 saturated heterocycles. The molecule has 1 atom stereocenters. The molecule has 1 fully saturated rings. The van der Waals surface area contributed by atoms with E-state index in [4.69, 9.17) is 10.5 Å². The Morgan fingerprint density at radius 3 is 2.73 bits per heavy atom. The molecule has 3 aromatic rings. The van der Waals surface area contributed by atoms with Gasteiger partial charge in [-0.1, -0.05) is 24.3 Å². The highest BCUT2D eigenvalue weighted by atomic mass is 19.3. The molecule has 1 amide bonds. The monoisotopic (exact) mass is 459 g/mol. The van der Waals surface area contributed by atoms with Gasteiger partial charge in [0.25, 0.3) is 11.8 Å². The van der Waals surface area contributed by atoms with E-state index in [1.54, 1.807) is 30.3 Å². The van der Waals surface area contributed by atoms with Gasteiger partial charge in [-0.2, -0.15) is 5.10 Å². The summed E-state index contributed by atoms with van der Waals surface area (Å²) in [6.45, 7) is 0.266. The molecule has 2 heterocycles. The number of anilines is 1. The van der Waals surface area contributed by atoms with Crippen molar-refractivity contribution in [3.63, 3.8) is 0 Å². The molecule has 4 rings (SSSR count). The van der Waals surface area contributed by atoms with Crippen LogP contribution in [0.2, 0.25) is 0 Å². The van der Waals surface area contributed by atoms with Crippen LogP contribution in [0, 0.1) is 5.82 Å². The molecule has 7 nitrogen and oxygen atoms in total. The van der Waals surface area contributed by atoms with Crippen LogP contribution >= 0.6 is 0 Å². The zero-order chi connectivity index (χ0) is 23.6. The van der Waals surface area contributed by atoms with Crippen LogP contribution in [0.3, 0.4) is 0 Å². The molecule has 1 aliphatic rings. The van der Waals surface area contributed by atoms with Gasteiger partial charge in [0.05, 0.1) is 24.9 Å². The Bertz CT molecular complexity index is 1150. The predicted molar refractivity (Wildman–Crippen MR) is 118 cm³/mol. The summed E-state index contributed by atoms with van der Waals surface area (Å²) in [5, 5.41) is 9.75. The number of carbonyl (C=O) groups excluding carboxylic acids is 1. The molecule has 10 heteroatoms. The van der Waals surface area contributed by atoms with E-state index in [0.29, 0.717) is 17.8 Å². The fraction of sp³-hybridized carbons (Fsp3) is 0.304. The normalized spacial score (nSPS) is 17.5. The van der Waals surface area contributed by atoms with Crippen molar-refractivity contribution >= 4 is 11.7 Å². The first-order valence-electron chi connectivity index (χ1n) is 10.4. The van der Waals surface area contributed by atoms with Gasteiger partial charge in [0.15, 0.2) is 0 Å². The molecular weight excluding hydrogens is 435 g/mol.